The van der Waals surface area contributed by atoms with E-state index in [-0.39, 0.29) is 5.41 Å². The third-order valence-electron chi connectivity index (χ3n) is 12.6. The zero-order chi connectivity index (χ0) is 37.9. The van der Waals surface area contributed by atoms with Crippen LogP contribution >= 0.6 is 0 Å². The number of rotatable bonds is 7. The summed E-state index contributed by atoms with van der Waals surface area (Å²) in [7, 11) is 0. The Labute approximate surface area is 334 Å². The van der Waals surface area contributed by atoms with Gasteiger partial charge in [0.1, 0.15) is 0 Å². The number of hydrogen-bond donors (Lipinski definition) is 0. The Morgan fingerprint density at radius 1 is 0.439 bits per heavy atom. The van der Waals surface area contributed by atoms with Gasteiger partial charge in [-0.15, -0.1) is 0 Å². The Kier molecular flexibility index (Phi) is 7.89. The van der Waals surface area contributed by atoms with Gasteiger partial charge in [0.2, 0.25) is 0 Å². The van der Waals surface area contributed by atoms with Gasteiger partial charge in [-0.2, -0.15) is 0 Å². The van der Waals surface area contributed by atoms with Crippen LogP contribution in [0.3, 0.4) is 0 Å². The Balaban J connectivity index is 1.15. The highest BCUT2D eigenvalue weighted by Gasteiger charge is 2.49. The molecule has 8 aromatic carbocycles. The molecular weight excluding hydrogens is 691 g/mol. The second-order valence-corrected chi connectivity index (χ2v) is 15.7. The van der Waals surface area contributed by atoms with Crippen molar-refractivity contribution in [2.75, 3.05) is 9.80 Å². The van der Waals surface area contributed by atoms with Crippen molar-refractivity contribution in [3.05, 3.63) is 222 Å². The summed E-state index contributed by atoms with van der Waals surface area (Å²) in [6.45, 7) is 2.25. The fourth-order valence-corrected chi connectivity index (χ4v) is 10.3. The van der Waals surface area contributed by atoms with Crippen molar-refractivity contribution < 1.29 is 0 Å². The fraction of sp³-hybridized carbons (Fsp3) is 0.111. The molecule has 0 fully saturated rings. The zero-order valence-electron chi connectivity index (χ0n) is 32.1. The third kappa shape index (κ3) is 5.26. The normalized spacial score (nSPS) is 15.6. The van der Waals surface area contributed by atoms with E-state index >= 15 is 0 Å². The summed E-state index contributed by atoms with van der Waals surface area (Å²) in [5, 5.41) is 2.57. The summed E-state index contributed by atoms with van der Waals surface area (Å²) >= 11 is 0. The molecule has 1 heterocycles. The molecule has 1 atom stereocenters. The zero-order valence-corrected chi connectivity index (χ0v) is 32.1. The second-order valence-electron chi connectivity index (χ2n) is 15.7. The maximum absolute atomic E-state index is 2.54. The molecule has 0 amide bonds. The Morgan fingerprint density at radius 3 is 1.47 bits per heavy atom. The molecule has 274 valence electrons. The summed E-state index contributed by atoms with van der Waals surface area (Å²) < 4.78 is 2.42. The summed E-state index contributed by atoms with van der Waals surface area (Å²) in [6.07, 6.45) is 4.29. The molecule has 0 saturated carbocycles. The average molecular weight is 734 g/mol. The predicted octanol–water partition coefficient (Wildman–Crippen LogP) is 14.2. The molecule has 3 nitrogen and oxygen atoms in total. The molecule has 57 heavy (non-hydrogen) atoms. The molecule has 3 heteroatoms. The largest absolute Gasteiger partial charge is 0.310 e. The molecular formula is C54H43N3. The van der Waals surface area contributed by atoms with Gasteiger partial charge >= 0.3 is 0 Å². The predicted molar refractivity (Wildman–Crippen MR) is 239 cm³/mol. The van der Waals surface area contributed by atoms with Crippen LogP contribution in [-0.2, 0) is 18.3 Å². The van der Waals surface area contributed by atoms with E-state index in [0.29, 0.717) is 0 Å². The van der Waals surface area contributed by atoms with Crippen LogP contribution in [0.15, 0.2) is 194 Å². The highest BCUT2D eigenvalue weighted by molar-refractivity contribution is 6.12. The standard InChI is InChI=1S/C54H43N3/c1-38-17-14-28-48-51(38)46-37-45(31-32-47(46)57(48)44-26-12-5-13-27-44)56(43-24-10-4-11-25-43)50-30-16-19-40-34-36-54(53(40)50)35-33-39-18-15-29-49(52(39)54)55(41-20-6-2-7-21-41)42-22-8-3-9-23-42/h2-32,37H,33-36H2,1H3/t54-/m1/s1. The number of benzene rings is 8. The highest BCUT2D eigenvalue weighted by atomic mass is 15.2. The Bertz CT molecular complexity index is 2870. The number of aromatic nitrogens is 1. The SMILES string of the molecule is Cc1cccc2c1c1cc(N(c3ccccc3)c3cccc4c3[C@]3(CCc5cccc(N(c6ccccc6)c6ccccc6)c53)CC4)ccc1n2-c1ccccc1. The number of aryl methyl sites for hydroxylation is 3. The van der Waals surface area contributed by atoms with Gasteiger partial charge in [-0.3, -0.25) is 0 Å². The van der Waals surface area contributed by atoms with Crippen LogP contribution in [-0.4, -0.2) is 4.57 Å². The van der Waals surface area contributed by atoms with Crippen LogP contribution in [0.25, 0.3) is 27.5 Å². The van der Waals surface area contributed by atoms with Crippen LogP contribution in [0.4, 0.5) is 34.1 Å². The molecule has 0 aliphatic heterocycles. The fourth-order valence-electron chi connectivity index (χ4n) is 10.3. The Morgan fingerprint density at radius 2 is 0.930 bits per heavy atom. The summed E-state index contributed by atoms with van der Waals surface area (Å²) in [5.41, 5.74) is 17.9. The van der Waals surface area contributed by atoms with Gasteiger partial charge in [0.25, 0.3) is 0 Å². The first-order chi connectivity index (χ1) is 28.2. The lowest BCUT2D eigenvalue weighted by Gasteiger charge is -2.37. The number of nitrogens with zero attached hydrogens (tertiary/aromatic N) is 3. The minimum Gasteiger partial charge on any atom is -0.310 e. The summed E-state index contributed by atoms with van der Waals surface area (Å²) in [6, 6.07) is 71.5. The van der Waals surface area contributed by atoms with Crippen molar-refractivity contribution >= 4 is 55.9 Å². The maximum Gasteiger partial charge on any atom is 0.0543 e. The molecule has 11 rings (SSSR count). The molecule has 9 aromatic rings. The molecule has 1 spiro atoms. The van der Waals surface area contributed by atoms with E-state index in [1.807, 2.05) is 0 Å². The quantitative estimate of drug-likeness (QED) is 0.162. The van der Waals surface area contributed by atoms with Crippen LogP contribution < -0.4 is 9.80 Å². The van der Waals surface area contributed by atoms with Crippen molar-refractivity contribution in [3.8, 4) is 5.69 Å². The van der Waals surface area contributed by atoms with Crippen LogP contribution in [0.5, 0.6) is 0 Å². The maximum atomic E-state index is 2.54. The van der Waals surface area contributed by atoms with Crippen LogP contribution in [0.2, 0.25) is 0 Å². The molecule has 2 aliphatic carbocycles. The third-order valence-corrected chi connectivity index (χ3v) is 12.6. The van der Waals surface area contributed by atoms with Gasteiger partial charge < -0.3 is 14.4 Å². The molecule has 0 unspecified atom stereocenters. The first kappa shape index (κ1) is 33.5. The highest BCUT2D eigenvalue weighted by Crippen LogP contribution is 2.60. The number of para-hydroxylation sites is 4. The molecule has 0 saturated heterocycles. The Hall–Kier alpha value is -6.84. The lowest BCUT2D eigenvalue weighted by molar-refractivity contribution is 0.508. The van der Waals surface area contributed by atoms with Gasteiger partial charge in [-0.25, -0.2) is 0 Å². The van der Waals surface area contributed by atoms with Crippen molar-refractivity contribution in [3.63, 3.8) is 0 Å². The van der Waals surface area contributed by atoms with Gasteiger partial charge in [0.05, 0.1) is 22.4 Å². The van der Waals surface area contributed by atoms with E-state index in [4.69, 9.17) is 0 Å². The number of anilines is 6. The van der Waals surface area contributed by atoms with E-state index < -0.39 is 0 Å². The van der Waals surface area contributed by atoms with Gasteiger partial charge in [0, 0.05) is 44.6 Å². The lowest BCUT2D eigenvalue weighted by atomic mass is 9.74. The first-order valence-corrected chi connectivity index (χ1v) is 20.3. The van der Waals surface area contributed by atoms with Crippen LogP contribution in [0, 0.1) is 6.92 Å². The van der Waals surface area contributed by atoms with E-state index in [2.05, 4.69) is 215 Å². The smallest absolute Gasteiger partial charge is 0.0543 e. The van der Waals surface area contributed by atoms with E-state index in [1.54, 1.807) is 0 Å². The van der Waals surface area contributed by atoms with Gasteiger partial charge in [-0.1, -0.05) is 109 Å². The molecule has 2 aliphatic rings. The first-order valence-electron chi connectivity index (χ1n) is 20.3. The summed E-state index contributed by atoms with van der Waals surface area (Å²) in [4.78, 5) is 5.03. The summed E-state index contributed by atoms with van der Waals surface area (Å²) in [5.74, 6) is 0. The number of fused-ring (bicyclic) bond motifs is 7. The molecule has 1 aromatic heterocycles. The van der Waals surface area contributed by atoms with Crippen molar-refractivity contribution in [1.82, 2.24) is 4.57 Å². The van der Waals surface area contributed by atoms with Crippen molar-refractivity contribution in [1.29, 1.82) is 0 Å². The topological polar surface area (TPSA) is 11.4 Å². The van der Waals surface area contributed by atoms with E-state index in [1.165, 1.54) is 83.7 Å². The van der Waals surface area contributed by atoms with Crippen molar-refractivity contribution in [2.45, 2.75) is 38.0 Å². The van der Waals surface area contributed by atoms with Crippen molar-refractivity contribution in [2.24, 2.45) is 0 Å². The molecule has 0 radical (unpaired) electrons. The molecule has 0 N–H and O–H groups in total. The minimum absolute atomic E-state index is 0.142. The monoisotopic (exact) mass is 733 g/mol. The minimum atomic E-state index is -0.142. The van der Waals surface area contributed by atoms with Crippen LogP contribution in [0.1, 0.15) is 40.7 Å². The number of hydrogen-bond acceptors (Lipinski definition) is 2. The van der Waals surface area contributed by atoms with E-state index in [9.17, 15) is 0 Å². The lowest BCUT2D eigenvalue weighted by Crippen LogP contribution is -2.27. The van der Waals surface area contributed by atoms with Gasteiger partial charge in [0.15, 0.2) is 0 Å². The average Bonchev–Trinajstić information content (AvgIpc) is 3.95. The van der Waals surface area contributed by atoms with E-state index in [0.717, 1.165) is 31.4 Å². The van der Waals surface area contributed by atoms with Gasteiger partial charge in [-0.05, 0) is 145 Å². The second kappa shape index (κ2) is 13.4. The molecule has 0 bridgehead atoms.